The normalized spacial score (nSPS) is 16.4. The first-order valence-electron chi connectivity index (χ1n) is 4.74. The Morgan fingerprint density at radius 2 is 1.73 bits per heavy atom. The molecule has 2 rings (SSSR count). The van der Waals surface area contributed by atoms with Crippen molar-refractivity contribution in [3.8, 4) is 0 Å². The van der Waals surface area contributed by atoms with Crippen LogP contribution in [0.2, 0.25) is 0 Å². The van der Waals surface area contributed by atoms with E-state index >= 15 is 0 Å². The summed E-state index contributed by atoms with van der Waals surface area (Å²) in [6.45, 7) is 2.12. The lowest BCUT2D eigenvalue weighted by Gasteiger charge is -2.14. The zero-order chi connectivity index (χ0) is 11.0. The highest BCUT2D eigenvalue weighted by Crippen LogP contribution is 2.20. The summed E-state index contributed by atoms with van der Waals surface area (Å²) >= 11 is 0. The summed E-state index contributed by atoms with van der Waals surface area (Å²) in [6, 6.07) is 7.28. The number of urea groups is 1. The van der Waals surface area contributed by atoms with Crippen molar-refractivity contribution < 1.29 is 9.59 Å². The molecule has 1 aromatic carbocycles. The molecule has 0 bridgehead atoms. The Kier molecular flexibility index (Phi) is 2.19. The number of imide groups is 1. The molecule has 78 valence electrons. The Morgan fingerprint density at radius 1 is 1.13 bits per heavy atom. The van der Waals surface area contributed by atoms with Crippen molar-refractivity contribution >= 4 is 17.6 Å². The number of hydrogen-bond donors (Lipinski definition) is 0. The number of benzene rings is 1. The molecule has 0 spiro atoms. The SMILES string of the molecule is Cc1ccc(N2CC(=O)N(C)C2=O)cc1. The van der Waals surface area contributed by atoms with Crippen LogP contribution in [0.4, 0.5) is 10.5 Å². The first-order valence-corrected chi connectivity index (χ1v) is 4.74. The number of carbonyl (C=O) groups excluding carboxylic acids is 2. The van der Waals surface area contributed by atoms with Crippen LogP contribution in [0, 0.1) is 6.92 Å². The van der Waals surface area contributed by atoms with E-state index < -0.39 is 0 Å². The molecule has 1 heterocycles. The topological polar surface area (TPSA) is 40.6 Å². The molecule has 1 aromatic rings. The summed E-state index contributed by atoms with van der Waals surface area (Å²) in [4.78, 5) is 25.5. The predicted octanol–water partition coefficient (Wildman–Crippen LogP) is 1.39. The van der Waals surface area contributed by atoms with Gasteiger partial charge in [0.05, 0.1) is 0 Å². The van der Waals surface area contributed by atoms with Gasteiger partial charge in [-0.1, -0.05) is 17.7 Å². The van der Waals surface area contributed by atoms with Gasteiger partial charge in [-0.2, -0.15) is 0 Å². The number of anilines is 1. The summed E-state index contributed by atoms with van der Waals surface area (Å²) in [6.07, 6.45) is 0. The molecule has 0 aromatic heterocycles. The lowest BCUT2D eigenvalue weighted by atomic mass is 10.2. The highest BCUT2D eigenvalue weighted by Gasteiger charge is 2.33. The van der Waals surface area contributed by atoms with Crippen LogP contribution >= 0.6 is 0 Å². The van der Waals surface area contributed by atoms with Crippen molar-refractivity contribution in [1.82, 2.24) is 4.90 Å². The van der Waals surface area contributed by atoms with Crippen molar-refractivity contribution in [2.24, 2.45) is 0 Å². The van der Waals surface area contributed by atoms with Crippen molar-refractivity contribution in [2.75, 3.05) is 18.5 Å². The maximum Gasteiger partial charge on any atom is 0.331 e. The molecule has 0 N–H and O–H groups in total. The second-order valence-electron chi connectivity index (χ2n) is 3.66. The van der Waals surface area contributed by atoms with Gasteiger partial charge < -0.3 is 0 Å². The van der Waals surface area contributed by atoms with E-state index in [9.17, 15) is 9.59 Å². The molecule has 0 atom stereocenters. The van der Waals surface area contributed by atoms with E-state index in [2.05, 4.69) is 0 Å². The minimum Gasteiger partial charge on any atom is -0.285 e. The monoisotopic (exact) mass is 204 g/mol. The van der Waals surface area contributed by atoms with E-state index in [-0.39, 0.29) is 18.5 Å². The quantitative estimate of drug-likeness (QED) is 0.649. The molecule has 4 heteroatoms. The maximum atomic E-state index is 11.6. The highest BCUT2D eigenvalue weighted by molar-refractivity contribution is 6.11. The fourth-order valence-corrected chi connectivity index (χ4v) is 1.52. The van der Waals surface area contributed by atoms with Gasteiger partial charge in [0.1, 0.15) is 6.54 Å². The van der Waals surface area contributed by atoms with Gasteiger partial charge in [-0.25, -0.2) is 4.79 Å². The number of aryl methyl sites for hydroxylation is 1. The molecule has 0 aliphatic carbocycles. The summed E-state index contributed by atoms with van der Waals surface area (Å²) in [5.74, 6) is -0.166. The lowest BCUT2D eigenvalue weighted by Crippen LogP contribution is -2.29. The zero-order valence-corrected chi connectivity index (χ0v) is 8.73. The molecule has 1 aliphatic heterocycles. The average molecular weight is 204 g/mol. The summed E-state index contributed by atoms with van der Waals surface area (Å²) in [5.41, 5.74) is 1.90. The number of likely N-dealkylation sites (N-methyl/N-ethyl adjacent to an activating group) is 1. The number of rotatable bonds is 1. The smallest absolute Gasteiger partial charge is 0.285 e. The minimum atomic E-state index is -0.260. The maximum absolute atomic E-state index is 11.6. The summed E-state index contributed by atoms with van der Waals surface area (Å²) < 4.78 is 0. The van der Waals surface area contributed by atoms with Crippen LogP contribution in [0.3, 0.4) is 0 Å². The van der Waals surface area contributed by atoms with Crippen LogP contribution in [0.15, 0.2) is 24.3 Å². The first kappa shape index (κ1) is 9.71. The molecule has 4 nitrogen and oxygen atoms in total. The van der Waals surface area contributed by atoms with Gasteiger partial charge in [-0.05, 0) is 19.1 Å². The fourth-order valence-electron chi connectivity index (χ4n) is 1.52. The van der Waals surface area contributed by atoms with E-state index in [4.69, 9.17) is 0 Å². The minimum absolute atomic E-state index is 0.137. The summed E-state index contributed by atoms with van der Waals surface area (Å²) in [5, 5.41) is 0. The van der Waals surface area contributed by atoms with Gasteiger partial charge in [-0.15, -0.1) is 0 Å². The van der Waals surface area contributed by atoms with Crippen LogP contribution in [-0.2, 0) is 4.79 Å². The van der Waals surface area contributed by atoms with Crippen molar-refractivity contribution in [3.05, 3.63) is 29.8 Å². The first-order chi connectivity index (χ1) is 7.09. The Bertz CT molecular complexity index is 411. The average Bonchev–Trinajstić information content (AvgIpc) is 2.47. The van der Waals surface area contributed by atoms with Crippen molar-refractivity contribution in [2.45, 2.75) is 6.92 Å². The predicted molar refractivity (Wildman–Crippen MR) is 56.7 cm³/mol. The largest absolute Gasteiger partial charge is 0.331 e. The van der Waals surface area contributed by atoms with Crippen molar-refractivity contribution in [3.63, 3.8) is 0 Å². The molecule has 0 unspecified atom stereocenters. The van der Waals surface area contributed by atoms with E-state index in [1.807, 2.05) is 31.2 Å². The van der Waals surface area contributed by atoms with Gasteiger partial charge in [0, 0.05) is 12.7 Å². The molecule has 0 radical (unpaired) electrons. The van der Waals surface area contributed by atoms with Crippen LogP contribution in [0.25, 0.3) is 0 Å². The molecule has 1 aliphatic rings. The zero-order valence-electron chi connectivity index (χ0n) is 8.73. The Balaban J connectivity index is 2.29. The summed E-state index contributed by atoms with van der Waals surface area (Å²) in [7, 11) is 1.50. The second-order valence-corrected chi connectivity index (χ2v) is 3.66. The fraction of sp³-hybridized carbons (Fsp3) is 0.273. The molecule has 1 saturated heterocycles. The van der Waals surface area contributed by atoms with Gasteiger partial charge in [0.15, 0.2) is 0 Å². The van der Waals surface area contributed by atoms with Gasteiger partial charge in [0.25, 0.3) is 0 Å². The van der Waals surface area contributed by atoms with Gasteiger partial charge in [0.2, 0.25) is 5.91 Å². The van der Waals surface area contributed by atoms with E-state index in [1.165, 1.54) is 11.9 Å². The van der Waals surface area contributed by atoms with Crippen LogP contribution < -0.4 is 4.90 Å². The molecular weight excluding hydrogens is 192 g/mol. The van der Waals surface area contributed by atoms with Gasteiger partial charge >= 0.3 is 6.03 Å². The Hall–Kier alpha value is -1.84. The Morgan fingerprint density at radius 3 is 2.20 bits per heavy atom. The lowest BCUT2D eigenvalue weighted by molar-refractivity contribution is -0.123. The molecule has 0 saturated carbocycles. The standard InChI is InChI=1S/C11H12N2O2/c1-8-3-5-9(6-4-8)13-7-10(14)12(2)11(13)15/h3-6H,7H2,1-2H3. The van der Waals surface area contributed by atoms with Crippen LogP contribution in [0.1, 0.15) is 5.56 Å². The van der Waals surface area contributed by atoms with Crippen molar-refractivity contribution in [1.29, 1.82) is 0 Å². The molecule has 1 fully saturated rings. The third-order valence-corrected chi connectivity index (χ3v) is 2.53. The van der Waals surface area contributed by atoms with E-state index in [1.54, 1.807) is 0 Å². The van der Waals surface area contributed by atoms with Crippen LogP contribution in [0.5, 0.6) is 0 Å². The molecule has 3 amide bonds. The number of carbonyl (C=O) groups is 2. The molecule has 15 heavy (non-hydrogen) atoms. The number of hydrogen-bond acceptors (Lipinski definition) is 2. The number of nitrogens with zero attached hydrogens (tertiary/aromatic N) is 2. The third-order valence-electron chi connectivity index (χ3n) is 2.53. The molecular formula is C11H12N2O2. The second kappa shape index (κ2) is 3.38. The van der Waals surface area contributed by atoms with Gasteiger partial charge in [-0.3, -0.25) is 14.6 Å². The van der Waals surface area contributed by atoms with Crippen LogP contribution in [-0.4, -0.2) is 30.4 Å². The van der Waals surface area contributed by atoms with E-state index in [0.29, 0.717) is 0 Å². The number of amides is 3. The highest BCUT2D eigenvalue weighted by atomic mass is 16.2. The van der Waals surface area contributed by atoms with E-state index in [0.717, 1.165) is 16.2 Å². The third kappa shape index (κ3) is 1.58. The Labute approximate surface area is 88.1 Å².